The number of alkyl halides is 1. The van der Waals surface area contributed by atoms with Gasteiger partial charge in [-0.25, -0.2) is 0 Å². The van der Waals surface area contributed by atoms with Crippen molar-refractivity contribution in [1.82, 2.24) is 0 Å². The Morgan fingerprint density at radius 1 is 1.21 bits per heavy atom. The number of fused-ring (bicyclic) bond motifs is 1. The van der Waals surface area contributed by atoms with Gasteiger partial charge >= 0.3 is 0 Å². The highest BCUT2D eigenvalue weighted by Gasteiger charge is 2.20. The number of hydrogen-bond acceptors (Lipinski definition) is 1. The monoisotopic (exact) mass is 316 g/mol. The molecule has 0 aliphatic carbocycles. The molecule has 2 aromatic carbocycles. The van der Waals surface area contributed by atoms with E-state index in [1.165, 1.54) is 16.7 Å². The lowest BCUT2D eigenvalue weighted by molar-refractivity contribution is 0.254. The fourth-order valence-corrected chi connectivity index (χ4v) is 3.23. The van der Waals surface area contributed by atoms with Crippen molar-refractivity contribution in [2.24, 2.45) is 0 Å². The van der Waals surface area contributed by atoms with E-state index in [-0.39, 0.29) is 0 Å². The van der Waals surface area contributed by atoms with Crippen molar-refractivity contribution in [2.75, 3.05) is 0 Å². The van der Waals surface area contributed by atoms with Crippen molar-refractivity contribution in [1.29, 1.82) is 0 Å². The number of halogens is 1. The Morgan fingerprint density at radius 3 is 2.79 bits per heavy atom. The van der Waals surface area contributed by atoms with Gasteiger partial charge in [-0.05, 0) is 36.1 Å². The van der Waals surface area contributed by atoms with Crippen LogP contribution in [0.4, 0.5) is 0 Å². The molecule has 1 aliphatic heterocycles. The molecule has 1 heterocycles. The van der Waals surface area contributed by atoms with E-state index < -0.39 is 0 Å². The van der Waals surface area contributed by atoms with E-state index in [1.807, 2.05) is 0 Å². The van der Waals surface area contributed by atoms with Gasteiger partial charge in [0.25, 0.3) is 0 Å². The molecule has 98 valence electrons. The van der Waals surface area contributed by atoms with Crippen LogP contribution in [0.3, 0.4) is 0 Å². The lowest BCUT2D eigenvalue weighted by atomic mass is 10.0. The fraction of sp³-hybridized carbons (Fsp3) is 0.294. The highest BCUT2D eigenvalue weighted by atomic mass is 79.9. The molecule has 0 spiro atoms. The first-order valence-electron chi connectivity index (χ1n) is 6.70. The van der Waals surface area contributed by atoms with Gasteiger partial charge in [0, 0.05) is 11.2 Å². The van der Waals surface area contributed by atoms with E-state index in [0.29, 0.717) is 10.9 Å². The molecule has 0 radical (unpaired) electrons. The first-order chi connectivity index (χ1) is 9.22. The molecule has 19 heavy (non-hydrogen) atoms. The van der Waals surface area contributed by atoms with Crippen LogP contribution in [-0.4, -0.2) is 6.10 Å². The summed E-state index contributed by atoms with van der Waals surface area (Å²) in [6.07, 6.45) is 2.35. The van der Waals surface area contributed by atoms with Gasteiger partial charge in [0.05, 0.1) is 0 Å². The SMILES string of the molecule is CC1Cc2cc(C(Br)Cc3ccccc3)ccc2O1. The molecule has 0 aromatic heterocycles. The summed E-state index contributed by atoms with van der Waals surface area (Å²) in [6.45, 7) is 2.12. The molecule has 1 aliphatic rings. The minimum absolute atomic E-state index is 0.313. The van der Waals surface area contributed by atoms with Crippen LogP contribution in [-0.2, 0) is 12.8 Å². The molecule has 0 saturated carbocycles. The van der Waals surface area contributed by atoms with Gasteiger partial charge in [0.15, 0.2) is 0 Å². The average Bonchev–Trinajstić information content (AvgIpc) is 2.78. The maximum absolute atomic E-state index is 5.74. The third-order valence-corrected chi connectivity index (χ3v) is 4.39. The van der Waals surface area contributed by atoms with Gasteiger partial charge in [-0.2, -0.15) is 0 Å². The Bertz CT molecular complexity index is 565. The molecule has 3 rings (SSSR count). The summed E-state index contributed by atoms with van der Waals surface area (Å²) in [4.78, 5) is 0.358. The van der Waals surface area contributed by atoms with Crippen molar-refractivity contribution in [3.63, 3.8) is 0 Å². The van der Waals surface area contributed by atoms with Crippen LogP contribution >= 0.6 is 15.9 Å². The normalized spacial score (nSPS) is 18.7. The maximum atomic E-state index is 5.74. The Hall–Kier alpha value is -1.28. The number of benzene rings is 2. The van der Waals surface area contributed by atoms with E-state index in [9.17, 15) is 0 Å². The van der Waals surface area contributed by atoms with E-state index in [1.54, 1.807) is 0 Å². The quantitative estimate of drug-likeness (QED) is 0.746. The van der Waals surface area contributed by atoms with Crippen molar-refractivity contribution in [2.45, 2.75) is 30.7 Å². The van der Waals surface area contributed by atoms with Crippen LogP contribution in [0.1, 0.15) is 28.4 Å². The smallest absolute Gasteiger partial charge is 0.123 e. The van der Waals surface area contributed by atoms with E-state index in [0.717, 1.165) is 18.6 Å². The Kier molecular flexibility index (Phi) is 3.61. The van der Waals surface area contributed by atoms with Crippen LogP contribution in [0, 0.1) is 0 Å². The topological polar surface area (TPSA) is 9.23 Å². The predicted octanol–water partition coefficient (Wildman–Crippen LogP) is 4.69. The minimum atomic E-state index is 0.313. The van der Waals surface area contributed by atoms with Crippen molar-refractivity contribution in [3.8, 4) is 5.75 Å². The van der Waals surface area contributed by atoms with E-state index in [2.05, 4.69) is 71.4 Å². The summed E-state index contributed by atoms with van der Waals surface area (Å²) in [6, 6.07) is 17.1. The molecule has 2 unspecified atom stereocenters. The molecular formula is C17H17BrO. The number of ether oxygens (including phenoxy) is 1. The van der Waals surface area contributed by atoms with Crippen molar-refractivity contribution >= 4 is 15.9 Å². The van der Waals surface area contributed by atoms with Gasteiger partial charge in [0.2, 0.25) is 0 Å². The maximum Gasteiger partial charge on any atom is 0.123 e. The lowest BCUT2D eigenvalue weighted by Crippen LogP contribution is -2.05. The van der Waals surface area contributed by atoms with Crippen LogP contribution in [0.5, 0.6) is 5.75 Å². The minimum Gasteiger partial charge on any atom is -0.490 e. The third-order valence-electron chi connectivity index (χ3n) is 3.54. The molecule has 2 aromatic rings. The van der Waals surface area contributed by atoms with Crippen LogP contribution in [0.2, 0.25) is 0 Å². The summed E-state index contributed by atoms with van der Waals surface area (Å²) in [5.74, 6) is 1.05. The molecule has 1 nitrogen and oxygen atoms in total. The standard InChI is InChI=1S/C17H17BrO/c1-12-9-15-11-14(7-8-17(15)19-12)16(18)10-13-5-3-2-4-6-13/h2-8,11-12,16H,9-10H2,1H3. The van der Waals surface area contributed by atoms with Crippen molar-refractivity contribution in [3.05, 3.63) is 65.2 Å². The predicted molar refractivity (Wildman–Crippen MR) is 82.1 cm³/mol. The molecule has 0 saturated heterocycles. The van der Waals surface area contributed by atoms with Gasteiger partial charge < -0.3 is 4.74 Å². The summed E-state index contributed by atoms with van der Waals surface area (Å²) in [7, 11) is 0. The molecule has 2 heteroatoms. The zero-order valence-electron chi connectivity index (χ0n) is 11.0. The first-order valence-corrected chi connectivity index (χ1v) is 7.61. The fourth-order valence-electron chi connectivity index (χ4n) is 2.58. The van der Waals surface area contributed by atoms with Crippen LogP contribution < -0.4 is 4.74 Å². The second kappa shape index (κ2) is 5.38. The third kappa shape index (κ3) is 2.84. The van der Waals surface area contributed by atoms with E-state index >= 15 is 0 Å². The van der Waals surface area contributed by atoms with Gasteiger partial charge in [-0.1, -0.05) is 58.4 Å². The molecule has 0 bridgehead atoms. The zero-order chi connectivity index (χ0) is 13.2. The Morgan fingerprint density at radius 2 is 2.00 bits per heavy atom. The summed E-state index contributed by atoms with van der Waals surface area (Å²) in [5.41, 5.74) is 4.03. The van der Waals surface area contributed by atoms with Crippen LogP contribution in [0.15, 0.2) is 48.5 Å². The lowest BCUT2D eigenvalue weighted by Gasteiger charge is -2.11. The first kappa shape index (κ1) is 12.7. The van der Waals surface area contributed by atoms with Gasteiger partial charge in [-0.15, -0.1) is 0 Å². The molecule has 0 fully saturated rings. The van der Waals surface area contributed by atoms with Gasteiger partial charge in [0.1, 0.15) is 11.9 Å². The van der Waals surface area contributed by atoms with E-state index in [4.69, 9.17) is 4.74 Å². The largest absolute Gasteiger partial charge is 0.490 e. The highest BCUT2D eigenvalue weighted by molar-refractivity contribution is 9.09. The van der Waals surface area contributed by atoms with Gasteiger partial charge in [-0.3, -0.25) is 0 Å². The van der Waals surface area contributed by atoms with Crippen LogP contribution in [0.25, 0.3) is 0 Å². The zero-order valence-corrected chi connectivity index (χ0v) is 12.6. The second-order valence-corrected chi connectivity index (χ2v) is 6.26. The number of hydrogen-bond donors (Lipinski definition) is 0. The van der Waals surface area contributed by atoms with Crippen molar-refractivity contribution < 1.29 is 4.74 Å². The number of rotatable bonds is 3. The highest BCUT2D eigenvalue weighted by Crippen LogP contribution is 2.34. The molecule has 0 N–H and O–H groups in total. The molecule has 2 atom stereocenters. The Balaban J connectivity index is 1.78. The Labute approximate surface area is 122 Å². The summed E-state index contributed by atoms with van der Waals surface area (Å²) >= 11 is 3.81. The molecular weight excluding hydrogens is 300 g/mol. The summed E-state index contributed by atoms with van der Waals surface area (Å²) in [5, 5.41) is 0. The average molecular weight is 317 g/mol. The summed E-state index contributed by atoms with van der Waals surface area (Å²) < 4.78 is 5.74. The second-order valence-electron chi connectivity index (χ2n) is 5.16. The molecule has 0 amide bonds.